The Kier molecular flexibility index (Phi) is 13.2. The number of carbonyl (C=O) groups excluding carboxylic acids is 3. The lowest BCUT2D eigenvalue weighted by molar-refractivity contribution is -0.150. The van der Waals surface area contributed by atoms with Gasteiger partial charge in [-0.2, -0.15) is 0 Å². The third-order valence-electron chi connectivity index (χ3n) is 6.94. The van der Waals surface area contributed by atoms with Gasteiger partial charge in [0.1, 0.15) is 12.5 Å². The van der Waals surface area contributed by atoms with Crippen molar-refractivity contribution in [3.05, 3.63) is 133 Å². The van der Waals surface area contributed by atoms with E-state index in [2.05, 4.69) is 23.8 Å². The van der Waals surface area contributed by atoms with Crippen molar-refractivity contribution < 1.29 is 24.2 Å². The van der Waals surface area contributed by atoms with Crippen LogP contribution in [0.2, 0.25) is 0 Å². The molecule has 2 amide bonds. The average molecular weight is 569 g/mol. The molecule has 0 aliphatic heterocycles. The maximum absolute atomic E-state index is 13.5. The Morgan fingerprint density at radius 2 is 1.26 bits per heavy atom. The first kappa shape index (κ1) is 32.0. The Balaban J connectivity index is 1.72. The molecule has 7 nitrogen and oxygen atoms in total. The number of ether oxygens (including phenoxy) is 1. The van der Waals surface area contributed by atoms with Crippen LogP contribution in [-0.2, 0) is 32.0 Å². The number of esters is 1. The highest BCUT2D eigenvalue weighted by Crippen LogP contribution is 2.17. The van der Waals surface area contributed by atoms with E-state index in [9.17, 15) is 19.5 Å². The van der Waals surface area contributed by atoms with Crippen LogP contribution in [0.4, 0.5) is 0 Å². The van der Waals surface area contributed by atoms with Gasteiger partial charge in [-0.1, -0.05) is 103 Å². The third-order valence-corrected chi connectivity index (χ3v) is 6.94. The van der Waals surface area contributed by atoms with Crippen molar-refractivity contribution in [1.82, 2.24) is 10.6 Å². The third kappa shape index (κ3) is 10.2. The number of allylic oxidation sites excluding steroid dienone is 2. The molecule has 0 aliphatic carbocycles. The molecule has 0 bridgehead atoms. The molecule has 3 N–H and O–H groups in total. The van der Waals surface area contributed by atoms with Gasteiger partial charge in [0.2, 0.25) is 11.8 Å². The summed E-state index contributed by atoms with van der Waals surface area (Å²) in [6, 6.07) is 27.1. The van der Waals surface area contributed by atoms with E-state index in [-0.39, 0.29) is 25.6 Å². The van der Waals surface area contributed by atoms with Gasteiger partial charge in [0.05, 0.1) is 24.6 Å². The Hall–Kier alpha value is -4.49. The van der Waals surface area contributed by atoms with Crippen LogP contribution in [0.1, 0.15) is 35.6 Å². The molecule has 42 heavy (non-hydrogen) atoms. The number of aliphatic hydroxyl groups excluding tert-OH is 1. The van der Waals surface area contributed by atoms with E-state index in [1.807, 2.05) is 78.9 Å². The number of aliphatic hydroxyl groups is 1. The zero-order valence-electron chi connectivity index (χ0n) is 23.9. The number of benzene rings is 3. The van der Waals surface area contributed by atoms with Crippen LogP contribution in [0, 0.1) is 11.8 Å². The first-order valence-electron chi connectivity index (χ1n) is 14.2. The van der Waals surface area contributed by atoms with Gasteiger partial charge in [-0.15, -0.1) is 13.2 Å². The van der Waals surface area contributed by atoms with Crippen LogP contribution in [-0.4, -0.2) is 42.1 Å². The summed E-state index contributed by atoms with van der Waals surface area (Å²) < 4.78 is 5.75. The topological polar surface area (TPSA) is 105 Å². The summed E-state index contributed by atoms with van der Waals surface area (Å²) in [4.78, 5) is 39.8. The van der Waals surface area contributed by atoms with Gasteiger partial charge in [-0.25, -0.2) is 0 Å². The maximum atomic E-state index is 13.5. The first-order valence-corrected chi connectivity index (χ1v) is 14.2. The van der Waals surface area contributed by atoms with Crippen molar-refractivity contribution in [2.75, 3.05) is 13.2 Å². The molecule has 7 heteroatoms. The first-order chi connectivity index (χ1) is 20.4. The fourth-order valence-electron chi connectivity index (χ4n) is 4.71. The van der Waals surface area contributed by atoms with Crippen molar-refractivity contribution in [1.29, 1.82) is 0 Å². The molecule has 0 radical (unpaired) electrons. The van der Waals surface area contributed by atoms with Crippen LogP contribution >= 0.6 is 0 Å². The average Bonchev–Trinajstić information content (AvgIpc) is 3.02. The summed E-state index contributed by atoms with van der Waals surface area (Å²) in [7, 11) is 0. The highest BCUT2D eigenvalue weighted by Gasteiger charge is 2.30. The summed E-state index contributed by atoms with van der Waals surface area (Å²) >= 11 is 0. The molecule has 0 saturated carbocycles. The second-order valence-electron chi connectivity index (χ2n) is 10.2. The van der Waals surface area contributed by atoms with Crippen LogP contribution < -0.4 is 10.6 Å². The summed E-state index contributed by atoms with van der Waals surface area (Å²) in [5.74, 6) is -2.91. The van der Waals surface area contributed by atoms with Gasteiger partial charge in [0.25, 0.3) is 0 Å². The quantitative estimate of drug-likeness (QED) is 0.124. The lowest BCUT2D eigenvalue weighted by atomic mass is 9.96. The van der Waals surface area contributed by atoms with Gasteiger partial charge in [0.15, 0.2) is 0 Å². The van der Waals surface area contributed by atoms with E-state index in [0.717, 1.165) is 16.7 Å². The Morgan fingerprint density at radius 3 is 1.81 bits per heavy atom. The summed E-state index contributed by atoms with van der Waals surface area (Å²) in [5, 5.41) is 15.6. The molecule has 0 fully saturated rings. The van der Waals surface area contributed by atoms with Gasteiger partial charge >= 0.3 is 5.97 Å². The van der Waals surface area contributed by atoms with Gasteiger partial charge in [-0.3, -0.25) is 14.4 Å². The number of nitrogens with one attached hydrogen (secondary N) is 2. The Labute approximate surface area is 248 Å². The van der Waals surface area contributed by atoms with Gasteiger partial charge in [-0.05, 0) is 42.4 Å². The molecule has 0 aliphatic rings. The predicted octanol–water partition coefficient (Wildman–Crippen LogP) is 4.73. The van der Waals surface area contributed by atoms with Crippen molar-refractivity contribution in [2.45, 2.75) is 37.8 Å². The molecule has 3 aromatic carbocycles. The normalized spacial score (nSPS) is 13.5. The van der Waals surface area contributed by atoms with Crippen LogP contribution in [0.5, 0.6) is 0 Å². The summed E-state index contributed by atoms with van der Waals surface area (Å²) in [6.07, 6.45) is 4.67. The molecule has 0 heterocycles. The van der Waals surface area contributed by atoms with E-state index in [1.165, 1.54) is 6.08 Å². The molecule has 0 saturated heterocycles. The molecular formula is C35H40N2O5. The molecule has 220 valence electrons. The standard InChI is InChI=1S/C35H40N2O5/c1-3-14-29(22-26-16-8-5-9-17-26)35(41)42-25-30(23-27-18-10-6-11-19-27)36-33(39)31(15-4-2)34(40)37-32(24-38)28-20-12-7-13-21-28/h3-13,16-21,29-32,38H,1-2,14-15,22-25H2,(H,36,39)(H,37,40)/t29-,30+,31?,32+/m1/s1. The minimum absolute atomic E-state index is 0.0619. The van der Waals surface area contributed by atoms with Crippen molar-refractivity contribution >= 4 is 17.8 Å². The molecule has 0 aromatic heterocycles. The van der Waals surface area contributed by atoms with Gasteiger partial charge in [0, 0.05) is 0 Å². The zero-order chi connectivity index (χ0) is 30.2. The molecule has 1 unspecified atom stereocenters. The van der Waals surface area contributed by atoms with E-state index in [4.69, 9.17) is 4.74 Å². The Bertz CT molecular complexity index is 1280. The van der Waals surface area contributed by atoms with Crippen LogP contribution in [0.3, 0.4) is 0 Å². The van der Waals surface area contributed by atoms with Crippen molar-refractivity contribution in [3.8, 4) is 0 Å². The second-order valence-corrected chi connectivity index (χ2v) is 10.2. The fraction of sp³-hybridized carbons (Fsp3) is 0.286. The number of hydrogen-bond acceptors (Lipinski definition) is 5. The molecule has 3 aromatic rings. The minimum Gasteiger partial charge on any atom is -0.463 e. The minimum atomic E-state index is -1.08. The number of rotatable bonds is 17. The lowest BCUT2D eigenvalue weighted by Gasteiger charge is -2.24. The van der Waals surface area contributed by atoms with Gasteiger partial charge < -0.3 is 20.5 Å². The smallest absolute Gasteiger partial charge is 0.309 e. The Morgan fingerprint density at radius 1 is 0.738 bits per heavy atom. The number of carbonyl (C=O) groups is 3. The molecule has 3 rings (SSSR count). The number of amides is 2. The molecular weight excluding hydrogens is 528 g/mol. The number of hydrogen-bond donors (Lipinski definition) is 3. The fourth-order valence-corrected chi connectivity index (χ4v) is 4.71. The molecule has 0 spiro atoms. The van der Waals surface area contributed by atoms with E-state index >= 15 is 0 Å². The van der Waals surface area contributed by atoms with Crippen molar-refractivity contribution in [2.24, 2.45) is 11.8 Å². The van der Waals surface area contributed by atoms with E-state index in [1.54, 1.807) is 18.2 Å². The second kappa shape index (κ2) is 17.4. The maximum Gasteiger partial charge on any atom is 0.309 e. The summed E-state index contributed by atoms with van der Waals surface area (Å²) in [5.41, 5.74) is 2.69. The van der Waals surface area contributed by atoms with E-state index < -0.39 is 35.7 Å². The highest BCUT2D eigenvalue weighted by molar-refractivity contribution is 6.00. The van der Waals surface area contributed by atoms with Crippen molar-refractivity contribution in [3.63, 3.8) is 0 Å². The predicted molar refractivity (Wildman–Crippen MR) is 164 cm³/mol. The zero-order valence-corrected chi connectivity index (χ0v) is 23.9. The SMILES string of the molecule is C=CCC(C(=O)N[C@H](COC(=O)[C@H](CC=C)Cc1ccccc1)Cc1ccccc1)C(=O)N[C@@H](CO)c1ccccc1. The van der Waals surface area contributed by atoms with Crippen LogP contribution in [0.15, 0.2) is 116 Å². The van der Waals surface area contributed by atoms with Crippen LogP contribution in [0.25, 0.3) is 0 Å². The highest BCUT2D eigenvalue weighted by atomic mass is 16.5. The summed E-state index contributed by atoms with van der Waals surface area (Å²) in [6.45, 7) is 7.12. The lowest BCUT2D eigenvalue weighted by Crippen LogP contribution is -2.48. The molecule has 4 atom stereocenters. The largest absolute Gasteiger partial charge is 0.463 e. The monoisotopic (exact) mass is 568 g/mol. The van der Waals surface area contributed by atoms with E-state index in [0.29, 0.717) is 19.3 Å².